The average Bonchev–Trinajstić information content (AvgIpc) is 2.78. The van der Waals surface area contributed by atoms with Crippen molar-refractivity contribution in [3.63, 3.8) is 0 Å². The predicted octanol–water partition coefficient (Wildman–Crippen LogP) is 2.29. The highest BCUT2D eigenvalue weighted by Gasteiger charge is 2.30. The zero-order valence-corrected chi connectivity index (χ0v) is 20.7. The van der Waals surface area contributed by atoms with Gasteiger partial charge in [0, 0.05) is 24.7 Å². The Bertz CT molecular complexity index is 1110. The monoisotopic (exact) mass is 497 g/mol. The van der Waals surface area contributed by atoms with Gasteiger partial charge in [0.25, 0.3) is 0 Å². The van der Waals surface area contributed by atoms with Gasteiger partial charge in [-0.15, -0.1) is 0 Å². The van der Waals surface area contributed by atoms with Crippen molar-refractivity contribution in [1.29, 1.82) is 0 Å². The van der Waals surface area contributed by atoms with Crippen LogP contribution in [0.2, 0.25) is 5.02 Å². The lowest BCUT2D eigenvalue weighted by Crippen LogP contribution is -2.50. The summed E-state index contributed by atoms with van der Waals surface area (Å²) >= 11 is 6.06. The van der Waals surface area contributed by atoms with E-state index in [4.69, 9.17) is 21.1 Å². The predicted molar refractivity (Wildman–Crippen MR) is 127 cm³/mol. The van der Waals surface area contributed by atoms with Gasteiger partial charge in [-0.05, 0) is 36.8 Å². The fraction of sp³-hybridized carbons (Fsp3) is 0.364. The van der Waals surface area contributed by atoms with Crippen molar-refractivity contribution in [1.82, 2.24) is 10.2 Å². The number of sulfonamides is 1. The van der Waals surface area contributed by atoms with E-state index >= 15 is 0 Å². The smallest absolute Gasteiger partial charge is 0.244 e. The van der Waals surface area contributed by atoms with Gasteiger partial charge in [0.05, 0.1) is 26.2 Å². The van der Waals surface area contributed by atoms with E-state index in [2.05, 4.69) is 5.32 Å². The molecule has 2 aromatic rings. The number of nitrogens with zero attached hydrogens (tertiary/aromatic N) is 2. The molecule has 1 atom stereocenters. The Balaban J connectivity index is 2.43. The Morgan fingerprint density at radius 1 is 1.09 bits per heavy atom. The molecule has 11 heteroatoms. The number of hydrogen-bond donors (Lipinski definition) is 1. The highest BCUT2D eigenvalue weighted by molar-refractivity contribution is 7.92. The largest absolute Gasteiger partial charge is 0.493 e. The minimum absolute atomic E-state index is 0.0670. The lowest BCUT2D eigenvalue weighted by atomic mass is 10.1. The molecule has 0 saturated carbocycles. The third kappa shape index (κ3) is 6.75. The fourth-order valence-electron chi connectivity index (χ4n) is 3.22. The van der Waals surface area contributed by atoms with E-state index in [1.165, 1.54) is 38.3 Å². The Labute approximate surface area is 199 Å². The third-order valence-electron chi connectivity index (χ3n) is 4.99. The molecule has 0 aliphatic rings. The third-order valence-corrected chi connectivity index (χ3v) is 6.37. The van der Waals surface area contributed by atoms with E-state index in [-0.39, 0.29) is 18.1 Å². The summed E-state index contributed by atoms with van der Waals surface area (Å²) in [5.74, 6) is -0.226. The van der Waals surface area contributed by atoms with Crippen LogP contribution in [0.25, 0.3) is 0 Å². The van der Waals surface area contributed by atoms with E-state index in [0.29, 0.717) is 22.1 Å². The van der Waals surface area contributed by atoms with Crippen LogP contribution < -0.4 is 19.1 Å². The minimum Gasteiger partial charge on any atom is -0.493 e. The highest BCUT2D eigenvalue weighted by Crippen LogP contribution is 2.32. The van der Waals surface area contributed by atoms with Crippen molar-refractivity contribution in [2.24, 2.45) is 0 Å². The summed E-state index contributed by atoms with van der Waals surface area (Å²) in [7, 11) is 0.499. The highest BCUT2D eigenvalue weighted by atomic mass is 35.5. The molecule has 0 radical (unpaired) electrons. The number of ether oxygens (including phenoxy) is 2. The molecule has 2 amide bonds. The average molecular weight is 498 g/mol. The van der Waals surface area contributed by atoms with Gasteiger partial charge in [0.2, 0.25) is 21.8 Å². The van der Waals surface area contributed by atoms with Crippen molar-refractivity contribution in [2.45, 2.75) is 19.5 Å². The van der Waals surface area contributed by atoms with Crippen LogP contribution in [0.4, 0.5) is 5.69 Å². The Kier molecular flexibility index (Phi) is 8.95. The number of rotatable bonds is 10. The first kappa shape index (κ1) is 26.3. The van der Waals surface area contributed by atoms with Crippen LogP contribution >= 0.6 is 11.6 Å². The van der Waals surface area contributed by atoms with Gasteiger partial charge in [0.1, 0.15) is 12.6 Å². The molecule has 0 heterocycles. The van der Waals surface area contributed by atoms with Crippen LogP contribution in [0, 0.1) is 0 Å². The molecule has 0 saturated heterocycles. The second-order valence-electron chi connectivity index (χ2n) is 7.25. The van der Waals surface area contributed by atoms with Gasteiger partial charge in [-0.2, -0.15) is 0 Å². The second kappa shape index (κ2) is 11.2. The molecule has 1 N–H and O–H groups in total. The number of methoxy groups -OCH3 is 2. The number of hydrogen-bond acceptors (Lipinski definition) is 6. The number of halogens is 1. The number of carbonyl (C=O) groups excluding carboxylic acids is 2. The van der Waals surface area contributed by atoms with E-state index in [1.54, 1.807) is 37.3 Å². The fourth-order valence-corrected chi connectivity index (χ4v) is 4.27. The molecule has 0 aromatic heterocycles. The summed E-state index contributed by atoms with van der Waals surface area (Å²) in [6.07, 6.45) is 1.00. The van der Waals surface area contributed by atoms with Crippen molar-refractivity contribution in [3.05, 3.63) is 53.1 Å². The topological polar surface area (TPSA) is 105 Å². The standard InChI is InChI=1S/C22H28ClN3O6S/c1-15(22(28)24-2)25(13-16-7-6-8-17(23)11-16)21(27)14-26(33(5,29)30)18-9-10-19(31-3)20(12-18)32-4/h6-12,15H,13-14H2,1-5H3,(H,24,28)/t15-/m1/s1. The number of nitrogens with one attached hydrogen (secondary N) is 1. The first-order valence-electron chi connectivity index (χ1n) is 9.97. The first-order valence-corrected chi connectivity index (χ1v) is 12.2. The molecule has 0 aliphatic carbocycles. The van der Waals surface area contributed by atoms with Gasteiger partial charge in [-0.25, -0.2) is 8.42 Å². The zero-order chi connectivity index (χ0) is 24.8. The number of benzene rings is 2. The summed E-state index contributed by atoms with van der Waals surface area (Å²) in [5, 5.41) is 3.00. The maximum Gasteiger partial charge on any atom is 0.244 e. The first-order chi connectivity index (χ1) is 15.5. The van der Waals surface area contributed by atoms with Crippen LogP contribution in [-0.2, 0) is 26.2 Å². The van der Waals surface area contributed by atoms with Crippen LogP contribution in [0.3, 0.4) is 0 Å². The van der Waals surface area contributed by atoms with Crippen LogP contribution in [-0.4, -0.2) is 65.2 Å². The summed E-state index contributed by atoms with van der Waals surface area (Å²) in [5.41, 5.74) is 0.919. The Morgan fingerprint density at radius 2 is 1.76 bits per heavy atom. The van der Waals surface area contributed by atoms with E-state index in [0.717, 1.165) is 10.6 Å². The van der Waals surface area contributed by atoms with E-state index in [9.17, 15) is 18.0 Å². The summed E-state index contributed by atoms with van der Waals surface area (Å²) < 4.78 is 36.6. The summed E-state index contributed by atoms with van der Waals surface area (Å²) in [6.45, 7) is 1.12. The second-order valence-corrected chi connectivity index (χ2v) is 9.59. The number of amides is 2. The normalized spacial score (nSPS) is 11.9. The quantitative estimate of drug-likeness (QED) is 0.540. The van der Waals surface area contributed by atoms with E-state index in [1.807, 2.05) is 0 Å². The number of likely N-dealkylation sites (N-methyl/N-ethyl adjacent to an activating group) is 1. The van der Waals surface area contributed by atoms with Crippen molar-refractivity contribution < 1.29 is 27.5 Å². The number of anilines is 1. The molecule has 180 valence electrons. The maximum absolute atomic E-state index is 13.4. The molecule has 0 spiro atoms. The van der Waals surface area contributed by atoms with Crippen molar-refractivity contribution in [2.75, 3.05) is 38.4 Å². The van der Waals surface area contributed by atoms with Gasteiger partial charge >= 0.3 is 0 Å². The van der Waals surface area contributed by atoms with Crippen molar-refractivity contribution >= 4 is 39.1 Å². The maximum atomic E-state index is 13.4. The molecule has 0 fully saturated rings. The molecular formula is C22H28ClN3O6S. The molecule has 0 bridgehead atoms. The van der Waals surface area contributed by atoms with Crippen LogP contribution in [0.1, 0.15) is 12.5 Å². The van der Waals surface area contributed by atoms with Gasteiger partial charge in [0.15, 0.2) is 11.5 Å². The van der Waals surface area contributed by atoms with Gasteiger partial charge in [-0.3, -0.25) is 13.9 Å². The van der Waals surface area contributed by atoms with Gasteiger partial charge in [-0.1, -0.05) is 23.7 Å². The molecule has 2 rings (SSSR count). The SMILES string of the molecule is CNC(=O)[C@@H](C)N(Cc1cccc(Cl)c1)C(=O)CN(c1ccc(OC)c(OC)c1)S(C)(=O)=O. The molecular weight excluding hydrogens is 470 g/mol. The van der Waals surface area contributed by atoms with Crippen LogP contribution in [0.15, 0.2) is 42.5 Å². The molecule has 0 aliphatic heterocycles. The zero-order valence-electron chi connectivity index (χ0n) is 19.2. The van der Waals surface area contributed by atoms with E-state index < -0.39 is 28.5 Å². The summed E-state index contributed by atoms with van der Waals surface area (Å²) in [4.78, 5) is 27.0. The van der Waals surface area contributed by atoms with Crippen molar-refractivity contribution in [3.8, 4) is 11.5 Å². The Hall–Kier alpha value is -2.98. The van der Waals surface area contributed by atoms with Crippen LogP contribution in [0.5, 0.6) is 11.5 Å². The van der Waals surface area contributed by atoms with Gasteiger partial charge < -0.3 is 19.7 Å². The molecule has 2 aromatic carbocycles. The Morgan fingerprint density at radius 3 is 2.30 bits per heavy atom. The summed E-state index contributed by atoms with van der Waals surface area (Å²) in [6, 6.07) is 10.6. The molecule has 9 nitrogen and oxygen atoms in total. The lowest BCUT2D eigenvalue weighted by Gasteiger charge is -2.31. The lowest BCUT2D eigenvalue weighted by molar-refractivity contribution is -0.139. The molecule has 0 unspecified atom stereocenters. The minimum atomic E-state index is -3.85. The number of carbonyl (C=O) groups is 2. The molecule has 33 heavy (non-hydrogen) atoms.